The molecule has 0 aromatic rings. The van der Waals surface area contributed by atoms with Crippen LogP contribution in [0.2, 0.25) is 0 Å². The normalized spacial score (nSPS) is 29.1. The molecule has 1 unspecified atom stereocenters. The van der Waals surface area contributed by atoms with Crippen LogP contribution in [0.15, 0.2) is 0 Å². The lowest BCUT2D eigenvalue weighted by molar-refractivity contribution is -0.154. The Morgan fingerprint density at radius 2 is 1.93 bits per heavy atom. The monoisotopic (exact) mass is 205 g/mol. The largest absolute Gasteiger partial charge is 0.345 e. The van der Waals surface area contributed by atoms with E-state index in [1.54, 1.807) is 27.8 Å². The Hall–Kier alpha value is -0.670. The summed E-state index contributed by atoms with van der Waals surface area (Å²) in [6.45, 7) is 5.54. The van der Waals surface area contributed by atoms with Gasteiger partial charge in [-0.25, -0.2) is 8.78 Å². The Morgan fingerprint density at radius 3 is 2.07 bits per heavy atom. The molecule has 82 valence electrons. The van der Waals surface area contributed by atoms with Crippen LogP contribution in [0.25, 0.3) is 0 Å². The van der Waals surface area contributed by atoms with Crippen molar-refractivity contribution < 1.29 is 13.6 Å². The molecule has 0 saturated carbocycles. The third kappa shape index (κ3) is 1.31. The molecule has 2 nitrogen and oxygen atoms in total. The summed E-state index contributed by atoms with van der Waals surface area (Å²) < 4.78 is 26.1. The van der Waals surface area contributed by atoms with Crippen molar-refractivity contribution in [3.8, 4) is 0 Å². The van der Waals surface area contributed by atoms with Gasteiger partial charge < -0.3 is 4.90 Å². The smallest absolute Gasteiger partial charge is 0.253 e. The summed E-state index contributed by atoms with van der Waals surface area (Å²) in [5, 5.41) is 0. The first-order valence-corrected chi connectivity index (χ1v) is 4.77. The van der Waals surface area contributed by atoms with E-state index in [1.807, 2.05) is 0 Å². The van der Waals surface area contributed by atoms with Gasteiger partial charge >= 0.3 is 0 Å². The zero-order chi connectivity index (χ0) is 11.1. The zero-order valence-electron chi connectivity index (χ0n) is 9.10. The standard InChI is InChI=1S/C10H17F2NO/c1-9(2,3)10(7(11)12)5-6-13(4)8(10)14/h7H,5-6H2,1-4H3. The highest BCUT2D eigenvalue weighted by Crippen LogP contribution is 2.50. The average Bonchev–Trinajstić information content (AvgIpc) is 2.28. The predicted molar refractivity (Wildman–Crippen MR) is 50.1 cm³/mol. The summed E-state index contributed by atoms with van der Waals surface area (Å²) in [4.78, 5) is 13.2. The van der Waals surface area contributed by atoms with Gasteiger partial charge in [0.2, 0.25) is 5.91 Å². The molecule has 14 heavy (non-hydrogen) atoms. The quantitative estimate of drug-likeness (QED) is 0.642. The van der Waals surface area contributed by atoms with Gasteiger partial charge in [-0.05, 0) is 11.8 Å². The molecule has 1 amide bonds. The first kappa shape index (κ1) is 11.4. The molecule has 0 bridgehead atoms. The fourth-order valence-corrected chi connectivity index (χ4v) is 2.12. The Kier molecular flexibility index (Phi) is 2.59. The van der Waals surface area contributed by atoms with E-state index in [2.05, 4.69) is 0 Å². The molecule has 1 fully saturated rings. The molecule has 1 atom stereocenters. The van der Waals surface area contributed by atoms with Crippen LogP contribution in [-0.2, 0) is 4.79 Å². The predicted octanol–water partition coefficient (Wildman–Crippen LogP) is 2.15. The molecular weight excluding hydrogens is 188 g/mol. The SMILES string of the molecule is CN1CCC(C(F)F)(C(C)(C)C)C1=O. The molecule has 0 aromatic heterocycles. The third-order valence-corrected chi connectivity index (χ3v) is 3.28. The number of alkyl halides is 2. The van der Waals surface area contributed by atoms with Gasteiger partial charge in [-0.2, -0.15) is 0 Å². The minimum absolute atomic E-state index is 0.253. The maximum atomic E-state index is 13.1. The number of likely N-dealkylation sites (tertiary alicyclic amines) is 1. The highest BCUT2D eigenvalue weighted by atomic mass is 19.3. The Labute approximate surface area is 83.3 Å². The second-order valence-corrected chi connectivity index (χ2v) is 5.00. The molecule has 0 spiro atoms. The van der Waals surface area contributed by atoms with Crippen molar-refractivity contribution in [2.24, 2.45) is 10.8 Å². The maximum absolute atomic E-state index is 13.1. The first-order chi connectivity index (χ1) is 6.23. The molecule has 1 aliphatic rings. The third-order valence-electron chi connectivity index (χ3n) is 3.28. The lowest BCUT2D eigenvalue weighted by Crippen LogP contribution is -2.48. The second kappa shape index (κ2) is 3.17. The zero-order valence-corrected chi connectivity index (χ0v) is 9.10. The van der Waals surface area contributed by atoms with E-state index in [-0.39, 0.29) is 6.42 Å². The number of amides is 1. The number of rotatable bonds is 1. The molecule has 1 saturated heterocycles. The van der Waals surface area contributed by atoms with Crippen LogP contribution >= 0.6 is 0 Å². The number of nitrogens with zero attached hydrogens (tertiary/aromatic N) is 1. The summed E-state index contributed by atoms with van der Waals surface area (Å²) in [6.07, 6.45) is -2.33. The van der Waals surface area contributed by atoms with Gasteiger partial charge in [0, 0.05) is 13.6 Å². The van der Waals surface area contributed by atoms with Crippen LogP contribution in [0.4, 0.5) is 8.78 Å². The van der Waals surface area contributed by atoms with E-state index >= 15 is 0 Å². The van der Waals surface area contributed by atoms with E-state index in [4.69, 9.17) is 0 Å². The fourth-order valence-electron chi connectivity index (χ4n) is 2.12. The van der Waals surface area contributed by atoms with Gasteiger partial charge in [0.05, 0.1) is 0 Å². The van der Waals surface area contributed by atoms with Gasteiger partial charge in [0.1, 0.15) is 5.41 Å². The lowest BCUT2D eigenvalue weighted by Gasteiger charge is -2.38. The maximum Gasteiger partial charge on any atom is 0.253 e. The van der Waals surface area contributed by atoms with Crippen LogP contribution in [0.3, 0.4) is 0 Å². The fraction of sp³-hybridized carbons (Fsp3) is 0.900. The number of carbonyl (C=O) groups is 1. The van der Waals surface area contributed by atoms with E-state index < -0.39 is 23.2 Å². The van der Waals surface area contributed by atoms with E-state index in [9.17, 15) is 13.6 Å². The van der Waals surface area contributed by atoms with E-state index in [0.29, 0.717) is 6.54 Å². The molecule has 0 aliphatic carbocycles. The lowest BCUT2D eigenvalue weighted by atomic mass is 9.65. The number of hydrogen-bond donors (Lipinski definition) is 0. The minimum Gasteiger partial charge on any atom is -0.345 e. The van der Waals surface area contributed by atoms with Gasteiger partial charge in [0.15, 0.2) is 0 Å². The minimum atomic E-state index is -2.58. The Balaban J connectivity index is 3.14. The summed E-state index contributed by atoms with van der Waals surface area (Å²) in [5.74, 6) is -0.417. The summed E-state index contributed by atoms with van der Waals surface area (Å²) in [7, 11) is 1.58. The van der Waals surface area contributed by atoms with Gasteiger partial charge in [0.25, 0.3) is 6.43 Å². The molecule has 0 N–H and O–H groups in total. The second-order valence-electron chi connectivity index (χ2n) is 5.00. The highest BCUT2D eigenvalue weighted by Gasteiger charge is 2.59. The van der Waals surface area contributed by atoms with Crippen LogP contribution < -0.4 is 0 Å². The van der Waals surface area contributed by atoms with Crippen LogP contribution in [0, 0.1) is 10.8 Å². The first-order valence-electron chi connectivity index (χ1n) is 4.77. The summed E-state index contributed by atoms with van der Waals surface area (Å²) in [6, 6.07) is 0. The van der Waals surface area contributed by atoms with E-state index in [0.717, 1.165) is 0 Å². The average molecular weight is 205 g/mol. The van der Waals surface area contributed by atoms with Crippen molar-refractivity contribution in [2.45, 2.75) is 33.6 Å². The van der Waals surface area contributed by atoms with Crippen molar-refractivity contribution in [2.75, 3.05) is 13.6 Å². The van der Waals surface area contributed by atoms with Crippen molar-refractivity contribution in [3.63, 3.8) is 0 Å². The van der Waals surface area contributed by atoms with Crippen LogP contribution in [-0.4, -0.2) is 30.8 Å². The molecule has 1 heterocycles. The molecule has 4 heteroatoms. The number of halogens is 2. The Bertz CT molecular complexity index is 247. The van der Waals surface area contributed by atoms with Crippen LogP contribution in [0.5, 0.6) is 0 Å². The topological polar surface area (TPSA) is 20.3 Å². The van der Waals surface area contributed by atoms with Crippen molar-refractivity contribution in [1.29, 1.82) is 0 Å². The molecule has 1 rings (SSSR count). The molecular formula is C10H17F2NO. The van der Waals surface area contributed by atoms with Crippen molar-refractivity contribution in [3.05, 3.63) is 0 Å². The van der Waals surface area contributed by atoms with Gasteiger partial charge in [-0.1, -0.05) is 20.8 Å². The summed E-state index contributed by atoms with van der Waals surface area (Å²) in [5.41, 5.74) is -2.18. The van der Waals surface area contributed by atoms with Crippen molar-refractivity contribution in [1.82, 2.24) is 4.90 Å². The number of hydrogen-bond acceptors (Lipinski definition) is 1. The van der Waals surface area contributed by atoms with Gasteiger partial charge in [-0.15, -0.1) is 0 Å². The molecule has 1 aliphatic heterocycles. The highest BCUT2D eigenvalue weighted by molar-refractivity contribution is 5.85. The van der Waals surface area contributed by atoms with Gasteiger partial charge in [-0.3, -0.25) is 4.79 Å². The summed E-state index contributed by atoms with van der Waals surface area (Å²) >= 11 is 0. The van der Waals surface area contributed by atoms with E-state index in [1.165, 1.54) is 4.90 Å². The van der Waals surface area contributed by atoms with Crippen LogP contribution in [0.1, 0.15) is 27.2 Å². The Morgan fingerprint density at radius 1 is 1.43 bits per heavy atom. The molecule has 0 aromatic carbocycles. The number of carbonyl (C=O) groups excluding carboxylic acids is 1. The molecule has 0 radical (unpaired) electrons. The van der Waals surface area contributed by atoms with Crippen molar-refractivity contribution >= 4 is 5.91 Å².